The highest BCUT2D eigenvalue weighted by atomic mass is 35.5. The van der Waals surface area contributed by atoms with Gasteiger partial charge in [0.1, 0.15) is 23.0 Å². The van der Waals surface area contributed by atoms with Crippen LogP contribution in [0.15, 0.2) is 78.9 Å². The molecular formula is C19H13ClO3. The number of para-hydroxylation sites is 2. The topological polar surface area (TPSA) is 35.5 Å². The molecule has 0 spiro atoms. The molecule has 3 aromatic carbocycles. The highest BCUT2D eigenvalue weighted by molar-refractivity contribution is 6.68. The summed E-state index contributed by atoms with van der Waals surface area (Å²) in [6, 6.07) is 23.5. The summed E-state index contributed by atoms with van der Waals surface area (Å²) in [5.74, 6) is 2.48. The molecule has 0 aromatic heterocycles. The average Bonchev–Trinajstić information content (AvgIpc) is 2.58. The molecule has 23 heavy (non-hydrogen) atoms. The number of carbonyl (C=O) groups excluding carboxylic acids is 1. The number of hydrogen-bond donors (Lipinski definition) is 0. The lowest BCUT2D eigenvalue weighted by Gasteiger charge is -2.10. The van der Waals surface area contributed by atoms with Crippen LogP contribution in [-0.2, 0) is 0 Å². The zero-order chi connectivity index (χ0) is 16.1. The highest BCUT2D eigenvalue weighted by Gasteiger charge is 2.10. The molecule has 0 fully saturated rings. The lowest BCUT2D eigenvalue weighted by atomic mass is 10.2. The van der Waals surface area contributed by atoms with Crippen LogP contribution in [0, 0.1) is 0 Å². The smallest absolute Gasteiger partial charge is 0.256 e. The van der Waals surface area contributed by atoms with Crippen molar-refractivity contribution in [3.63, 3.8) is 0 Å². The van der Waals surface area contributed by atoms with E-state index in [2.05, 4.69) is 0 Å². The van der Waals surface area contributed by atoms with Crippen LogP contribution in [0.2, 0.25) is 0 Å². The molecule has 0 saturated carbocycles. The molecule has 4 heteroatoms. The second-order valence-electron chi connectivity index (χ2n) is 4.76. The Balaban J connectivity index is 1.74. The van der Waals surface area contributed by atoms with E-state index in [9.17, 15) is 4.79 Å². The quantitative estimate of drug-likeness (QED) is 0.569. The summed E-state index contributed by atoms with van der Waals surface area (Å²) < 4.78 is 11.4. The molecule has 114 valence electrons. The van der Waals surface area contributed by atoms with Gasteiger partial charge in [0, 0.05) is 0 Å². The largest absolute Gasteiger partial charge is 0.457 e. The molecule has 0 N–H and O–H groups in total. The zero-order valence-electron chi connectivity index (χ0n) is 12.1. The lowest BCUT2D eigenvalue weighted by Crippen LogP contribution is -1.94. The Labute approximate surface area is 139 Å². The molecule has 0 aliphatic carbocycles. The van der Waals surface area contributed by atoms with Gasteiger partial charge < -0.3 is 9.47 Å². The third kappa shape index (κ3) is 3.90. The van der Waals surface area contributed by atoms with Crippen LogP contribution >= 0.6 is 11.6 Å². The van der Waals surface area contributed by atoms with E-state index in [0.29, 0.717) is 22.8 Å². The van der Waals surface area contributed by atoms with Crippen LogP contribution in [0.1, 0.15) is 10.4 Å². The van der Waals surface area contributed by atoms with Gasteiger partial charge in [-0.3, -0.25) is 4.79 Å². The molecule has 3 rings (SSSR count). The van der Waals surface area contributed by atoms with Crippen molar-refractivity contribution in [2.75, 3.05) is 0 Å². The molecule has 0 radical (unpaired) electrons. The molecule has 0 bridgehead atoms. The van der Waals surface area contributed by atoms with Gasteiger partial charge in [0.05, 0.1) is 5.56 Å². The Morgan fingerprint density at radius 2 is 1.17 bits per heavy atom. The number of rotatable bonds is 5. The molecule has 0 saturated heterocycles. The second kappa shape index (κ2) is 6.99. The third-order valence-electron chi connectivity index (χ3n) is 3.13. The minimum Gasteiger partial charge on any atom is -0.457 e. The minimum atomic E-state index is -0.551. The van der Waals surface area contributed by atoms with E-state index >= 15 is 0 Å². The van der Waals surface area contributed by atoms with E-state index < -0.39 is 5.24 Å². The number of hydrogen-bond acceptors (Lipinski definition) is 3. The van der Waals surface area contributed by atoms with Crippen molar-refractivity contribution in [2.45, 2.75) is 0 Å². The predicted octanol–water partition coefficient (Wildman–Crippen LogP) is 5.65. The number of ether oxygens (including phenoxy) is 2. The van der Waals surface area contributed by atoms with Crippen molar-refractivity contribution in [1.82, 2.24) is 0 Å². The van der Waals surface area contributed by atoms with E-state index in [1.54, 1.807) is 48.5 Å². The van der Waals surface area contributed by atoms with Crippen LogP contribution in [0.3, 0.4) is 0 Å². The first-order valence-electron chi connectivity index (χ1n) is 7.02. The minimum absolute atomic E-state index is 0.332. The molecule has 0 aliphatic heterocycles. The number of carbonyl (C=O) groups is 1. The van der Waals surface area contributed by atoms with Crippen LogP contribution in [0.5, 0.6) is 23.0 Å². The first-order chi connectivity index (χ1) is 11.2. The van der Waals surface area contributed by atoms with Gasteiger partial charge in [0.2, 0.25) is 0 Å². The van der Waals surface area contributed by atoms with Gasteiger partial charge in [-0.15, -0.1) is 0 Å². The van der Waals surface area contributed by atoms with Crippen molar-refractivity contribution < 1.29 is 14.3 Å². The molecule has 0 unspecified atom stereocenters. The van der Waals surface area contributed by atoms with Gasteiger partial charge in [-0.05, 0) is 60.1 Å². The standard InChI is InChI=1S/C19H13ClO3/c20-19(21)17-8-4-5-9-18(17)23-16-12-10-15(11-13-16)22-14-6-2-1-3-7-14/h1-13H. The maximum Gasteiger partial charge on any atom is 0.256 e. The fourth-order valence-corrected chi connectivity index (χ4v) is 2.20. The molecule has 0 amide bonds. The Hall–Kier alpha value is -2.78. The summed E-state index contributed by atoms with van der Waals surface area (Å²) in [7, 11) is 0. The van der Waals surface area contributed by atoms with Crippen molar-refractivity contribution in [3.8, 4) is 23.0 Å². The van der Waals surface area contributed by atoms with Gasteiger partial charge in [-0.2, -0.15) is 0 Å². The highest BCUT2D eigenvalue weighted by Crippen LogP contribution is 2.29. The molecule has 0 heterocycles. The van der Waals surface area contributed by atoms with E-state index in [1.807, 2.05) is 30.3 Å². The van der Waals surface area contributed by atoms with Gasteiger partial charge >= 0.3 is 0 Å². The van der Waals surface area contributed by atoms with Gasteiger partial charge in [-0.25, -0.2) is 0 Å². The summed E-state index contributed by atoms with van der Waals surface area (Å²) in [6.07, 6.45) is 0. The summed E-state index contributed by atoms with van der Waals surface area (Å²) in [6.45, 7) is 0. The average molecular weight is 325 g/mol. The van der Waals surface area contributed by atoms with E-state index in [-0.39, 0.29) is 0 Å². The van der Waals surface area contributed by atoms with Gasteiger partial charge in [0.15, 0.2) is 0 Å². The molecule has 0 atom stereocenters. The zero-order valence-corrected chi connectivity index (χ0v) is 12.9. The first-order valence-corrected chi connectivity index (χ1v) is 7.40. The van der Waals surface area contributed by atoms with Crippen LogP contribution in [-0.4, -0.2) is 5.24 Å². The fraction of sp³-hybridized carbons (Fsp3) is 0. The predicted molar refractivity (Wildman–Crippen MR) is 89.7 cm³/mol. The number of halogens is 1. The second-order valence-corrected chi connectivity index (χ2v) is 5.10. The molecule has 3 nitrogen and oxygen atoms in total. The van der Waals surface area contributed by atoms with Crippen LogP contribution in [0.25, 0.3) is 0 Å². The third-order valence-corrected chi connectivity index (χ3v) is 3.33. The maximum atomic E-state index is 11.4. The molecular weight excluding hydrogens is 312 g/mol. The molecule has 0 aliphatic rings. The van der Waals surface area contributed by atoms with E-state index in [4.69, 9.17) is 21.1 Å². The monoisotopic (exact) mass is 324 g/mol. The maximum absolute atomic E-state index is 11.4. The van der Waals surface area contributed by atoms with Gasteiger partial charge in [0.25, 0.3) is 5.24 Å². The summed E-state index contributed by atoms with van der Waals surface area (Å²) in [4.78, 5) is 11.4. The SMILES string of the molecule is O=C(Cl)c1ccccc1Oc1ccc(Oc2ccccc2)cc1. The van der Waals surface area contributed by atoms with E-state index in [1.165, 1.54) is 0 Å². The summed E-state index contributed by atoms with van der Waals surface area (Å²) >= 11 is 5.55. The van der Waals surface area contributed by atoms with Crippen molar-refractivity contribution in [2.24, 2.45) is 0 Å². The first kappa shape index (κ1) is 15.1. The van der Waals surface area contributed by atoms with Crippen molar-refractivity contribution >= 4 is 16.8 Å². The van der Waals surface area contributed by atoms with Crippen molar-refractivity contribution in [3.05, 3.63) is 84.4 Å². The molecule has 3 aromatic rings. The Morgan fingerprint density at radius 1 is 0.652 bits per heavy atom. The Kier molecular flexibility index (Phi) is 4.60. The normalized spacial score (nSPS) is 10.1. The fourth-order valence-electron chi connectivity index (χ4n) is 2.05. The van der Waals surface area contributed by atoms with Crippen molar-refractivity contribution in [1.29, 1.82) is 0 Å². The number of benzene rings is 3. The van der Waals surface area contributed by atoms with Gasteiger partial charge in [-0.1, -0.05) is 30.3 Å². The van der Waals surface area contributed by atoms with Crippen LogP contribution in [0.4, 0.5) is 0 Å². The lowest BCUT2D eigenvalue weighted by molar-refractivity contribution is 0.107. The van der Waals surface area contributed by atoms with E-state index in [0.717, 1.165) is 5.75 Å². The summed E-state index contributed by atoms with van der Waals surface area (Å²) in [5.41, 5.74) is 0.332. The Bertz CT molecular complexity index is 798. The van der Waals surface area contributed by atoms with Crippen LogP contribution < -0.4 is 9.47 Å². The summed E-state index contributed by atoms with van der Waals surface area (Å²) in [5, 5.41) is -0.551. The Morgan fingerprint density at radius 3 is 1.83 bits per heavy atom.